The second-order valence-corrected chi connectivity index (χ2v) is 3.10. The molecule has 0 N–H and O–H groups in total. The zero-order valence-corrected chi connectivity index (χ0v) is 8.12. The lowest BCUT2D eigenvalue weighted by atomic mass is 10.2. The molecule has 0 saturated heterocycles. The number of methoxy groups -OCH3 is 1. The van der Waals surface area contributed by atoms with Gasteiger partial charge in [-0.05, 0) is 31.8 Å². The van der Waals surface area contributed by atoms with E-state index in [1.165, 1.54) is 12.1 Å². The molecule has 0 aliphatic heterocycles. The standard InChI is InChI=1S/C10H14FNO/c1-12(2)10(13-3)8-4-6-9(11)7-5-8/h4-7,10H,1-3H3. The number of rotatable bonds is 3. The van der Waals surface area contributed by atoms with Crippen molar-refractivity contribution in [2.45, 2.75) is 6.23 Å². The second kappa shape index (κ2) is 4.35. The minimum absolute atomic E-state index is 0.111. The van der Waals surface area contributed by atoms with Crippen molar-refractivity contribution in [3.63, 3.8) is 0 Å². The lowest BCUT2D eigenvalue weighted by Gasteiger charge is -2.22. The van der Waals surface area contributed by atoms with Gasteiger partial charge in [-0.3, -0.25) is 4.90 Å². The first-order chi connectivity index (χ1) is 6.15. The van der Waals surface area contributed by atoms with Gasteiger partial charge in [-0.25, -0.2) is 4.39 Å². The summed E-state index contributed by atoms with van der Waals surface area (Å²) >= 11 is 0. The molecule has 0 heterocycles. The Labute approximate surface area is 77.9 Å². The van der Waals surface area contributed by atoms with Gasteiger partial charge in [0.25, 0.3) is 0 Å². The average Bonchev–Trinajstić information content (AvgIpc) is 2.09. The number of hydrogen-bond donors (Lipinski definition) is 0. The van der Waals surface area contributed by atoms with E-state index in [1.54, 1.807) is 19.2 Å². The van der Waals surface area contributed by atoms with Crippen LogP contribution < -0.4 is 0 Å². The van der Waals surface area contributed by atoms with E-state index in [1.807, 2.05) is 19.0 Å². The molecule has 72 valence electrons. The Morgan fingerprint density at radius 1 is 1.23 bits per heavy atom. The van der Waals surface area contributed by atoms with Crippen molar-refractivity contribution in [2.24, 2.45) is 0 Å². The molecule has 1 atom stereocenters. The highest BCUT2D eigenvalue weighted by molar-refractivity contribution is 5.18. The molecule has 1 aromatic rings. The van der Waals surface area contributed by atoms with Gasteiger partial charge in [0.1, 0.15) is 12.0 Å². The molecule has 3 heteroatoms. The van der Waals surface area contributed by atoms with Crippen LogP contribution in [0, 0.1) is 5.82 Å². The molecular weight excluding hydrogens is 169 g/mol. The van der Waals surface area contributed by atoms with Gasteiger partial charge < -0.3 is 4.74 Å². The molecule has 0 bridgehead atoms. The number of ether oxygens (including phenoxy) is 1. The molecule has 0 spiro atoms. The van der Waals surface area contributed by atoms with Crippen LogP contribution in [0.25, 0.3) is 0 Å². The molecule has 0 amide bonds. The van der Waals surface area contributed by atoms with E-state index in [9.17, 15) is 4.39 Å². The van der Waals surface area contributed by atoms with Gasteiger partial charge in [-0.1, -0.05) is 12.1 Å². The van der Waals surface area contributed by atoms with Crippen molar-refractivity contribution >= 4 is 0 Å². The summed E-state index contributed by atoms with van der Waals surface area (Å²) in [6.07, 6.45) is -0.111. The largest absolute Gasteiger partial charge is 0.362 e. The van der Waals surface area contributed by atoms with Crippen molar-refractivity contribution in [1.29, 1.82) is 0 Å². The Kier molecular flexibility index (Phi) is 3.39. The van der Waals surface area contributed by atoms with E-state index < -0.39 is 0 Å². The van der Waals surface area contributed by atoms with Crippen molar-refractivity contribution in [2.75, 3.05) is 21.2 Å². The highest BCUT2D eigenvalue weighted by Gasteiger charge is 2.11. The highest BCUT2D eigenvalue weighted by Crippen LogP contribution is 2.18. The summed E-state index contributed by atoms with van der Waals surface area (Å²) < 4.78 is 17.8. The molecule has 1 aromatic carbocycles. The fraction of sp³-hybridized carbons (Fsp3) is 0.400. The molecule has 1 rings (SSSR count). The van der Waals surface area contributed by atoms with E-state index in [2.05, 4.69) is 0 Å². The minimum Gasteiger partial charge on any atom is -0.362 e. The Hall–Kier alpha value is -0.930. The molecule has 0 aliphatic rings. The maximum atomic E-state index is 12.6. The van der Waals surface area contributed by atoms with Crippen LogP contribution in [0.15, 0.2) is 24.3 Å². The normalized spacial score (nSPS) is 13.3. The first kappa shape index (κ1) is 10.2. The summed E-state index contributed by atoms with van der Waals surface area (Å²) in [5, 5.41) is 0. The molecule has 13 heavy (non-hydrogen) atoms. The van der Waals surface area contributed by atoms with Gasteiger partial charge in [0.15, 0.2) is 0 Å². The third-order valence-corrected chi connectivity index (χ3v) is 1.85. The van der Waals surface area contributed by atoms with Gasteiger partial charge in [0.2, 0.25) is 0 Å². The van der Waals surface area contributed by atoms with Crippen LogP contribution in [-0.2, 0) is 4.74 Å². The fourth-order valence-electron chi connectivity index (χ4n) is 1.27. The van der Waals surface area contributed by atoms with Crippen LogP contribution in [0.4, 0.5) is 4.39 Å². The van der Waals surface area contributed by atoms with Crippen LogP contribution in [0.3, 0.4) is 0 Å². The van der Waals surface area contributed by atoms with E-state index in [0.29, 0.717) is 0 Å². The SMILES string of the molecule is COC(c1ccc(F)cc1)N(C)C. The zero-order valence-electron chi connectivity index (χ0n) is 8.12. The summed E-state index contributed by atoms with van der Waals surface area (Å²) in [7, 11) is 5.46. The fourth-order valence-corrected chi connectivity index (χ4v) is 1.27. The van der Waals surface area contributed by atoms with E-state index in [0.717, 1.165) is 5.56 Å². The van der Waals surface area contributed by atoms with Gasteiger partial charge >= 0.3 is 0 Å². The van der Waals surface area contributed by atoms with Gasteiger partial charge in [-0.2, -0.15) is 0 Å². The van der Waals surface area contributed by atoms with Crippen LogP contribution in [0.5, 0.6) is 0 Å². The second-order valence-electron chi connectivity index (χ2n) is 3.10. The van der Waals surface area contributed by atoms with Crippen LogP contribution in [0.2, 0.25) is 0 Å². The predicted octanol–water partition coefficient (Wildman–Crippen LogP) is 2.03. The first-order valence-corrected chi connectivity index (χ1v) is 4.10. The third kappa shape index (κ3) is 2.50. The van der Waals surface area contributed by atoms with E-state index in [-0.39, 0.29) is 12.0 Å². The van der Waals surface area contributed by atoms with Gasteiger partial charge in [-0.15, -0.1) is 0 Å². The summed E-state index contributed by atoms with van der Waals surface area (Å²) in [5.41, 5.74) is 0.953. The molecule has 0 fully saturated rings. The molecule has 2 nitrogen and oxygen atoms in total. The van der Waals surface area contributed by atoms with E-state index >= 15 is 0 Å². The molecule has 0 aliphatic carbocycles. The van der Waals surface area contributed by atoms with E-state index in [4.69, 9.17) is 4.74 Å². The average molecular weight is 183 g/mol. The lowest BCUT2D eigenvalue weighted by Crippen LogP contribution is -2.21. The van der Waals surface area contributed by atoms with Crippen LogP contribution in [0.1, 0.15) is 11.8 Å². The van der Waals surface area contributed by atoms with Crippen LogP contribution >= 0.6 is 0 Å². The minimum atomic E-state index is -0.225. The molecule has 0 aromatic heterocycles. The zero-order chi connectivity index (χ0) is 9.84. The Morgan fingerprint density at radius 3 is 2.15 bits per heavy atom. The summed E-state index contributed by atoms with van der Waals surface area (Å²) in [6, 6.07) is 6.32. The van der Waals surface area contributed by atoms with Crippen molar-refractivity contribution in [1.82, 2.24) is 4.90 Å². The van der Waals surface area contributed by atoms with Crippen molar-refractivity contribution in [3.05, 3.63) is 35.6 Å². The summed E-state index contributed by atoms with van der Waals surface area (Å²) in [5.74, 6) is -0.225. The lowest BCUT2D eigenvalue weighted by molar-refractivity contribution is -0.00544. The number of halogens is 1. The highest BCUT2D eigenvalue weighted by atomic mass is 19.1. The maximum Gasteiger partial charge on any atom is 0.135 e. The van der Waals surface area contributed by atoms with Gasteiger partial charge in [0.05, 0.1) is 0 Å². The third-order valence-electron chi connectivity index (χ3n) is 1.85. The summed E-state index contributed by atoms with van der Waals surface area (Å²) in [6.45, 7) is 0. The Balaban J connectivity index is 2.86. The summed E-state index contributed by atoms with van der Waals surface area (Å²) in [4.78, 5) is 1.92. The van der Waals surface area contributed by atoms with Crippen molar-refractivity contribution in [3.8, 4) is 0 Å². The number of hydrogen-bond acceptors (Lipinski definition) is 2. The maximum absolute atomic E-state index is 12.6. The molecular formula is C10H14FNO. The molecule has 0 radical (unpaired) electrons. The topological polar surface area (TPSA) is 12.5 Å². The first-order valence-electron chi connectivity index (χ1n) is 4.10. The Morgan fingerprint density at radius 2 is 1.77 bits per heavy atom. The van der Waals surface area contributed by atoms with Gasteiger partial charge in [0, 0.05) is 7.11 Å². The van der Waals surface area contributed by atoms with Crippen LogP contribution in [-0.4, -0.2) is 26.1 Å². The quantitative estimate of drug-likeness (QED) is 0.665. The smallest absolute Gasteiger partial charge is 0.135 e. The van der Waals surface area contributed by atoms with Crippen molar-refractivity contribution < 1.29 is 9.13 Å². The molecule has 1 unspecified atom stereocenters. The Bertz CT molecular complexity index is 258. The predicted molar refractivity (Wildman–Crippen MR) is 49.8 cm³/mol. The number of benzene rings is 1. The monoisotopic (exact) mass is 183 g/mol. The molecule has 0 saturated carbocycles. The number of nitrogens with zero attached hydrogens (tertiary/aromatic N) is 1.